The standard InChI is InChI=1S/C22H20ClN5O3S/c1-2-12-27-20(15-8-9-15)25-26-22(27)32-19(14-6-4-3-5-7-14)21(29)24-16-10-11-17(23)18(13-16)28(30)31/h2-7,10-11,13,15,19H,1,8-9,12H2,(H,24,29). The molecule has 0 radical (unpaired) electrons. The van der Waals surface area contributed by atoms with Crippen LogP contribution in [-0.2, 0) is 11.3 Å². The Bertz CT molecular complexity index is 1160. The van der Waals surface area contributed by atoms with Crippen LogP contribution in [0.4, 0.5) is 11.4 Å². The highest BCUT2D eigenvalue weighted by Gasteiger charge is 2.32. The summed E-state index contributed by atoms with van der Waals surface area (Å²) in [7, 11) is 0. The zero-order valence-corrected chi connectivity index (χ0v) is 18.6. The monoisotopic (exact) mass is 469 g/mol. The number of halogens is 1. The Labute approximate surface area is 193 Å². The number of nitro benzene ring substituents is 1. The maximum Gasteiger partial charge on any atom is 0.289 e. The van der Waals surface area contributed by atoms with Gasteiger partial charge in [0.2, 0.25) is 5.91 Å². The SMILES string of the molecule is C=CCn1c(SC(C(=O)Nc2ccc(Cl)c([N+](=O)[O-])c2)c2ccccc2)nnc1C1CC1. The van der Waals surface area contributed by atoms with Crippen LogP contribution in [0.3, 0.4) is 0 Å². The largest absolute Gasteiger partial charge is 0.325 e. The topological polar surface area (TPSA) is 103 Å². The lowest BCUT2D eigenvalue weighted by Crippen LogP contribution is -2.19. The van der Waals surface area contributed by atoms with E-state index in [0.717, 1.165) is 24.2 Å². The van der Waals surface area contributed by atoms with E-state index in [1.165, 1.54) is 30.0 Å². The first-order chi connectivity index (χ1) is 15.5. The molecule has 0 bridgehead atoms. The van der Waals surface area contributed by atoms with E-state index in [0.29, 0.717) is 23.3 Å². The summed E-state index contributed by atoms with van der Waals surface area (Å²) in [4.78, 5) is 23.9. The Morgan fingerprint density at radius 2 is 2.06 bits per heavy atom. The van der Waals surface area contributed by atoms with Crippen LogP contribution in [0.5, 0.6) is 0 Å². The number of rotatable bonds is 9. The van der Waals surface area contributed by atoms with Gasteiger partial charge in [-0.05, 0) is 30.5 Å². The summed E-state index contributed by atoms with van der Waals surface area (Å²) in [6.07, 6.45) is 3.94. The second kappa shape index (κ2) is 9.54. The number of carbonyl (C=O) groups is 1. The van der Waals surface area contributed by atoms with Gasteiger partial charge in [0, 0.05) is 24.2 Å². The van der Waals surface area contributed by atoms with Gasteiger partial charge in [0.15, 0.2) is 5.16 Å². The second-order valence-corrected chi connectivity index (χ2v) is 8.81. The molecule has 1 N–H and O–H groups in total. The van der Waals surface area contributed by atoms with Crippen molar-refractivity contribution in [1.29, 1.82) is 0 Å². The Kier molecular flexibility index (Phi) is 6.57. The van der Waals surface area contributed by atoms with E-state index in [4.69, 9.17) is 11.6 Å². The van der Waals surface area contributed by atoms with Gasteiger partial charge in [-0.1, -0.05) is 59.8 Å². The Morgan fingerprint density at radius 3 is 2.72 bits per heavy atom. The first-order valence-electron chi connectivity index (χ1n) is 9.98. The number of anilines is 1. The molecule has 1 fully saturated rings. The Balaban J connectivity index is 1.64. The van der Waals surface area contributed by atoms with Crippen molar-refractivity contribution in [2.24, 2.45) is 0 Å². The summed E-state index contributed by atoms with van der Waals surface area (Å²) >= 11 is 7.17. The summed E-state index contributed by atoms with van der Waals surface area (Å²) in [5.74, 6) is 0.974. The van der Waals surface area contributed by atoms with Crippen LogP contribution < -0.4 is 5.32 Å². The highest BCUT2D eigenvalue weighted by atomic mass is 35.5. The number of hydrogen-bond acceptors (Lipinski definition) is 6. The van der Waals surface area contributed by atoms with Crippen molar-refractivity contribution < 1.29 is 9.72 Å². The number of hydrogen-bond donors (Lipinski definition) is 1. The average Bonchev–Trinajstić information content (AvgIpc) is 3.55. The molecule has 10 heteroatoms. The van der Waals surface area contributed by atoms with Gasteiger partial charge >= 0.3 is 0 Å². The lowest BCUT2D eigenvalue weighted by Gasteiger charge is -2.17. The molecule has 8 nitrogen and oxygen atoms in total. The summed E-state index contributed by atoms with van der Waals surface area (Å²) in [5.41, 5.74) is 0.798. The van der Waals surface area contributed by atoms with Crippen LogP contribution in [0.15, 0.2) is 66.3 Å². The van der Waals surface area contributed by atoms with Crippen LogP contribution in [0, 0.1) is 10.1 Å². The Hall–Kier alpha value is -3.17. The highest BCUT2D eigenvalue weighted by Crippen LogP contribution is 2.42. The van der Waals surface area contributed by atoms with Gasteiger partial charge in [-0.15, -0.1) is 16.8 Å². The average molecular weight is 470 g/mol. The van der Waals surface area contributed by atoms with E-state index < -0.39 is 10.2 Å². The molecule has 32 heavy (non-hydrogen) atoms. The van der Waals surface area contributed by atoms with Crippen molar-refractivity contribution >= 4 is 40.6 Å². The van der Waals surface area contributed by atoms with E-state index in [2.05, 4.69) is 22.1 Å². The number of nitrogens with one attached hydrogen (secondary N) is 1. The first kappa shape index (κ1) is 22.0. The van der Waals surface area contributed by atoms with Gasteiger partial charge in [-0.3, -0.25) is 14.9 Å². The maximum absolute atomic E-state index is 13.3. The molecule has 0 aliphatic heterocycles. The third-order valence-corrected chi connectivity index (χ3v) is 6.53. The zero-order valence-electron chi connectivity index (χ0n) is 17.0. The van der Waals surface area contributed by atoms with Gasteiger partial charge in [0.1, 0.15) is 16.1 Å². The summed E-state index contributed by atoms with van der Waals surface area (Å²) in [6.45, 7) is 4.37. The van der Waals surface area contributed by atoms with Crippen molar-refractivity contribution in [1.82, 2.24) is 14.8 Å². The number of carbonyl (C=O) groups excluding carboxylic acids is 1. The molecule has 1 aromatic heterocycles. The van der Waals surface area contributed by atoms with Crippen molar-refractivity contribution in [3.63, 3.8) is 0 Å². The van der Waals surface area contributed by atoms with Crippen LogP contribution in [0.2, 0.25) is 5.02 Å². The third kappa shape index (κ3) is 4.84. The van der Waals surface area contributed by atoms with E-state index >= 15 is 0 Å². The van der Waals surface area contributed by atoms with Crippen LogP contribution in [0.25, 0.3) is 0 Å². The molecule has 2 aromatic carbocycles. The fourth-order valence-electron chi connectivity index (χ4n) is 3.28. The van der Waals surface area contributed by atoms with E-state index in [-0.39, 0.29) is 16.6 Å². The number of aromatic nitrogens is 3. The number of nitrogens with zero attached hydrogens (tertiary/aromatic N) is 4. The molecule has 164 valence electrons. The minimum Gasteiger partial charge on any atom is -0.325 e. The van der Waals surface area contributed by atoms with Crippen LogP contribution in [-0.4, -0.2) is 25.6 Å². The molecular formula is C22H20ClN5O3S. The maximum atomic E-state index is 13.3. The minimum absolute atomic E-state index is 0.00659. The molecule has 1 atom stereocenters. The summed E-state index contributed by atoms with van der Waals surface area (Å²) in [5, 5.41) is 22.6. The van der Waals surface area contributed by atoms with E-state index in [1.807, 2.05) is 34.9 Å². The number of nitro groups is 1. The van der Waals surface area contributed by atoms with Crippen molar-refractivity contribution in [3.8, 4) is 0 Å². The van der Waals surface area contributed by atoms with E-state index in [9.17, 15) is 14.9 Å². The van der Waals surface area contributed by atoms with Gasteiger partial charge in [-0.2, -0.15) is 0 Å². The molecule has 1 aliphatic rings. The number of amides is 1. The molecule has 4 rings (SSSR count). The van der Waals surface area contributed by atoms with Gasteiger partial charge in [0.25, 0.3) is 5.69 Å². The fraction of sp³-hybridized carbons (Fsp3) is 0.227. The Morgan fingerprint density at radius 1 is 1.31 bits per heavy atom. The van der Waals surface area contributed by atoms with Crippen molar-refractivity contribution in [3.05, 3.63) is 87.7 Å². The van der Waals surface area contributed by atoms with Crippen molar-refractivity contribution in [2.75, 3.05) is 5.32 Å². The number of benzene rings is 2. The first-order valence-corrected chi connectivity index (χ1v) is 11.2. The number of thioether (sulfide) groups is 1. The summed E-state index contributed by atoms with van der Waals surface area (Å²) < 4.78 is 1.99. The number of allylic oxidation sites excluding steroid dienone is 1. The predicted molar refractivity (Wildman–Crippen MR) is 124 cm³/mol. The predicted octanol–water partition coefficient (Wildman–Crippen LogP) is 5.38. The highest BCUT2D eigenvalue weighted by molar-refractivity contribution is 8.00. The van der Waals surface area contributed by atoms with Gasteiger partial charge in [0.05, 0.1) is 4.92 Å². The molecule has 1 amide bonds. The van der Waals surface area contributed by atoms with Gasteiger partial charge < -0.3 is 9.88 Å². The lowest BCUT2D eigenvalue weighted by molar-refractivity contribution is -0.384. The minimum atomic E-state index is -0.647. The van der Waals surface area contributed by atoms with Crippen LogP contribution in [0.1, 0.15) is 35.4 Å². The molecule has 1 heterocycles. The lowest BCUT2D eigenvalue weighted by atomic mass is 10.1. The zero-order chi connectivity index (χ0) is 22.7. The smallest absolute Gasteiger partial charge is 0.289 e. The second-order valence-electron chi connectivity index (χ2n) is 7.34. The normalized spacial score (nSPS) is 14.0. The molecule has 0 saturated heterocycles. The third-order valence-electron chi connectivity index (χ3n) is 4.97. The quantitative estimate of drug-likeness (QED) is 0.195. The van der Waals surface area contributed by atoms with Crippen molar-refractivity contribution in [2.45, 2.75) is 35.7 Å². The van der Waals surface area contributed by atoms with Crippen LogP contribution >= 0.6 is 23.4 Å². The summed E-state index contributed by atoms with van der Waals surface area (Å²) in [6, 6.07) is 13.5. The molecule has 0 spiro atoms. The molecular weight excluding hydrogens is 450 g/mol. The molecule has 1 aliphatic carbocycles. The molecule has 1 unspecified atom stereocenters. The molecule has 1 saturated carbocycles. The van der Waals surface area contributed by atoms with E-state index in [1.54, 1.807) is 6.08 Å². The molecule has 3 aromatic rings. The van der Waals surface area contributed by atoms with Gasteiger partial charge in [-0.25, -0.2) is 0 Å². The fourth-order valence-corrected chi connectivity index (χ4v) is 4.52.